The fraction of sp³-hybridized carbons (Fsp3) is 1.00. The van der Waals surface area contributed by atoms with Gasteiger partial charge in [0.25, 0.3) is 0 Å². The van der Waals surface area contributed by atoms with Crippen molar-refractivity contribution in [3.8, 4) is 0 Å². The van der Waals surface area contributed by atoms with Crippen LogP contribution in [0.25, 0.3) is 0 Å². The lowest BCUT2D eigenvalue weighted by Gasteiger charge is -2.48. The lowest BCUT2D eigenvalue weighted by Crippen LogP contribution is -2.50. The van der Waals surface area contributed by atoms with Crippen molar-refractivity contribution in [2.75, 3.05) is 0 Å². The van der Waals surface area contributed by atoms with E-state index in [1.54, 1.807) is 167 Å². The van der Waals surface area contributed by atoms with Gasteiger partial charge in [0.15, 0.2) is 0 Å². The minimum atomic E-state index is 0.941. The van der Waals surface area contributed by atoms with Crippen LogP contribution < -0.4 is 0 Å². The highest BCUT2D eigenvalue weighted by Crippen LogP contribution is 2.66. The summed E-state index contributed by atoms with van der Waals surface area (Å²) >= 11 is 5.20. The van der Waals surface area contributed by atoms with E-state index in [0.717, 1.165) is 110 Å². The van der Waals surface area contributed by atoms with Gasteiger partial charge in [0.1, 0.15) is 0 Å². The smallest absolute Gasteiger partial charge is 0.0133 e. The predicted octanol–water partition coefficient (Wildman–Crippen LogP) is 13.2. The molecule has 0 N–H and O–H groups in total. The molecule has 8 aliphatic carbocycles. The molecule has 11 fully saturated rings. The summed E-state index contributed by atoms with van der Waals surface area (Å²) in [6, 6.07) is 2.88. The zero-order valence-corrected chi connectivity index (χ0v) is 34.4. The highest BCUT2D eigenvalue weighted by atomic mass is 32.2. The van der Waals surface area contributed by atoms with E-state index >= 15 is 0 Å². The summed E-state index contributed by atoms with van der Waals surface area (Å²) < 4.78 is 0. The maximum atomic E-state index is 3.43. The van der Waals surface area contributed by atoms with E-state index in [4.69, 9.17) is 0 Å². The van der Waals surface area contributed by atoms with Crippen LogP contribution in [0.3, 0.4) is 0 Å². The summed E-state index contributed by atoms with van der Waals surface area (Å²) in [5.74, 6) is 13.0. The topological polar surface area (TPSA) is 3.24 Å². The first kappa shape index (κ1) is 34.9. The number of thioether (sulfide) groups is 2. The molecular weight excluding hydrogens is 655 g/mol. The van der Waals surface area contributed by atoms with Gasteiger partial charge < -0.3 is 0 Å². The van der Waals surface area contributed by atoms with Crippen molar-refractivity contribution in [3.05, 3.63) is 0 Å². The highest BCUT2D eigenvalue weighted by molar-refractivity contribution is 8.02. The third kappa shape index (κ3) is 6.24. The van der Waals surface area contributed by atoms with E-state index in [-0.39, 0.29) is 0 Å². The molecule has 11 rings (SSSR count). The van der Waals surface area contributed by atoms with Crippen molar-refractivity contribution in [3.63, 3.8) is 0 Å². The summed E-state index contributed by atoms with van der Waals surface area (Å²) in [6.45, 7) is 0. The van der Waals surface area contributed by atoms with Gasteiger partial charge in [-0.05, 0) is 161 Å². The van der Waals surface area contributed by atoms with E-state index < -0.39 is 0 Å². The van der Waals surface area contributed by atoms with Gasteiger partial charge in [0, 0.05) is 39.1 Å². The molecule has 3 heterocycles. The molecule has 0 aromatic rings. The quantitative estimate of drug-likeness (QED) is 0.283. The molecule has 17 atom stereocenters. The molecule has 0 bridgehead atoms. The van der Waals surface area contributed by atoms with Gasteiger partial charge in [0.2, 0.25) is 0 Å². The van der Waals surface area contributed by atoms with Crippen LogP contribution in [0.5, 0.6) is 0 Å². The van der Waals surface area contributed by atoms with Crippen LogP contribution >= 0.6 is 23.5 Å². The minimum absolute atomic E-state index is 0.941. The maximum absolute atomic E-state index is 3.43. The Morgan fingerprint density at radius 2 is 0.902 bits per heavy atom. The Kier molecular flexibility index (Phi) is 10.2. The van der Waals surface area contributed by atoms with Crippen LogP contribution in [0.4, 0.5) is 0 Å². The third-order valence-corrected chi connectivity index (χ3v) is 23.7. The number of likely N-dealkylation sites (tertiary alicyclic amines) is 1. The Labute approximate surface area is 323 Å². The maximum Gasteiger partial charge on any atom is 0.0133 e. The second-order valence-corrected chi connectivity index (χ2v) is 24.6. The molecular formula is C48H77NS2. The van der Waals surface area contributed by atoms with Crippen LogP contribution in [0.15, 0.2) is 0 Å². The van der Waals surface area contributed by atoms with Gasteiger partial charge in [-0.3, -0.25) is 4.90 Å². The summed E-state index contributed by atoms with van der Waals surface area (Å²) in [4.78, 5) is 3.43. The number of fused-ring (bicyclic) bond motifs is 10. The number of hydrogen-bond donors (Lipinski definition) is 0. The Hall–Kier alpha value is 0.660. The number of rotatable bonds is 4. The normalized spacial score (nSPS) is 53.8. The second-order valence-electron chi connectivity index (χ2n) is 21.7. The van der Waals surface area contributed by atoms with Crippen molar-refractivity contribution >= 4 is 23.5 Å². The van der Waals surface area contributed by atoms with Crippen LogP contribution in [0.1, 0.15) is 186 Å². The second kappa shape index (κ2) is 14.9. The van der Waals surface area contributed by atoms with E-state index in [2.05, 4.69) is 28.4 Å². The van der Waals surface area contributed by atoms with E-state index in [1.165, 1.54) is 19.3 Å². The molecule has 8 saturated carbocycles. The standard InChI is InChI=1S/C48H77NS2/c1-3-11-30(12-4-1)32-21-24-42-40(28-32)41-29-33(31-13-5-2-6-14-31)22-25-43(41)49(42)35-16-9-15-34(27-35)36-18-10-19-37-38-23-26-45-46(48(38)51-47(36)37)39-17-7-8-20-44(39)50-45/h30-48H,1-29H2. The Balaban J connectivity index is 0.820. The number of nitrogens with zero attached hydrogens (tertiary/aromatic N) is 1. The van der Waals surface area contributed by atoms with Crippen molar-refractivity contribution in [2.24, 2.45) is 71.0 Å². The molecule has 0 aromatic carbocycles. The summed E-state index contributed by atoms with van der Waals surface area (Å²) in [5.41, 5.74) is 0. The van der Waals surface area contributed by atoms with Gasteiger partial charge in [0.05, 0.1) is 0 Å². The average molecular weight is 732 g/mol. The van der Waals surface area contributed by atoms with E-state index in [9.17, 15) is 0 Å². The minimum Gasteiger partial charge on any atom is -0.294 e. The molecule has 17 unspecified atom stereocenters. The van der Waals surface area contributed by atoms with E-state index in [1.807, 2.05) is 0 Å². The average Bonchev–Trinajstić information content (AvgIpc) is 3.87. The van der Waals surface area contributed by atoms with Crippen molar-refractivity contribution in [1.29, 1.82) is 0 Å². The lowest BCUT2D eigenvalue weighted by molar-refractivity contribution is 0.0194. The van der Waals surface area contributed by atoms with Crippen molar-refractivity contribution in [1.82, 2.24) is 4.90 Å². The molecule has 11 aliphatic rings. The molecule has 1 nitrogen and oxygen atoms in total. The fourth-order valence-corrected chi connectivity index (χ4v) is 22.7. The Morgan fingerprint density at radius 1 is 0.314 bits per heavy atom. The largest absolute Gasteiger partial charge is 0.294 e. The molecule has 3 heteroatoms. The lowest BCUT2D eigenvalue weighted by atomic mass is 9.62. The first-order chi connectivity index (χ1) is 25.3. The van der Waals surface area contributed by atoms with Crippen LogP contribution in [-0.2, 0) is 0 Å². The molecule has 3 aliphatic heterocycles. The van der Waals surface area contributed by atoms with Gasteiger partial charge >= 0.3 is 0 Å². The zero-order valence-electron chi connectivity index (χ0n) is 32.7. The molecule has 0 aromatic heterocycles. The van der Waals surface area contributed by atoms with Gasteiger partial charge in [-0.25, -0.2) is 0 Å². The van der Waals surface area contributed by atoms with E-state index in [0.29, 0.717) is 0 Å². The van der Waals surface area contributed by atoms with Crippen molar-refractivity contribution in [2.45, 2.75) is 225 Å². The van der Waals surface area contributed by atoms with Crippen LogP contribution in [0.2, 0.25) is 0 Å². The fourth-order valence-electron chi connectivity index (χ4n) is 17.9. The molecule has 0 spiro atoms. The summed E-state index contributed by atoms with van der Waals surface area (Å²) in [6.07, 6.45) is 45.8. The molecule has 0 amide bonds. The summed E-state index contributed by atoms with van der Waals surface area (Å²) in [5, 5.41) is 4.19. The molecule has 286 valence electrons. The van der Waals surface area contributed by atoms with Crippen LogP contribution in [0, 0.1) is 71.0 Å². The zero-order chi connectivity index (χ0) is 33.5. The highest BCUT2D eigenvalue weighted by Gasteiger charge is 2.60. The predicted molar refractivity (Wildman–Crippen MR) is 219 cm³/mol. The number of hydrogen-bond acceptors (Lipinski definition) is 3. The Bertz CT molecular complexity index is 1150. The van der Waals surface area contributed by atoms with Crippen molar-refractivity contribution < 1.29 is 0 Å². The first-order valence-electron chi connectivity index (χ1n) is 24.4. The SMILES string of the molecule is C1CCC(C2CCC3C(C2)C2CC(C4CCCCC4)CCC2N3C2CCCC(C3CCCC4C5CCC6SC7CCCCC7C6C5SC34)C2)CC1. The Morgan fingerprint density at radius 3 is 1.63 bits per heavy atom. The molecule has 51 heavy (non-hydrogen) atoms. The van der Waals surface area contributed by atoms with Gasteiger partial charge in [-0.2, -0.15) is 23.5 Å². The summed E-state index contributed by atoms with van der Waals surface area (Å²) in [7, 11) is 0. The first-order valence-corrected chi connectivity index (χ1v) is 26.3. The molecule has 3 saturated heterocycles. The van der Waals surface area contributed by atoms with Gasteiger partial charge in [-0.15, -0.1) is 0 Å². The third-order valence-electron chi connectivity index (χ3n) is 19.9. The molecule has 0 radical (unpaired) electrons. The monoisotopic (exact) mass is 732 g/mol. The van der Waals surface area contributed by atoms with Crippen LogP contribution in [-0.4, -0.2) is 44.0 Å². The van der Waals surface area contributed by atoms with Gasteiger partial charge in [-0.1, -0.05) is 96.3 Å².